The second-order valence-corrected chi connectivity index (χ2v) is 4.46. The third-order valence-corrected chi connectivity index (χ3v) is 3.08. The molecule has 0 saturated heterocycles. The Labute approximate surface area is 116 Å². The molecule has 0 unspecified atom stereocenters. The van der Waals surface area contributed by atoms with Crippen molar-refractivity contribution in [3.8, 4) is 5.75 Å². The van der Waals surface area contributed by atoms with Gasteiger partial charge in [-0.2, -0.15) is 0 Å². The summed E-state index contributed by atoms with van der Waals surface area (Å²) < 4.78 is 7.48. The summed E-state index contributed by atoms with van der Waals surface area (Å²) in [6.45, 7) is 1.00. The summed E-state index contributed by atoms with van der Waals surface area (Å²) in [7, 11) is 0. The molecule has 20 heavy (non-hydrogen) atoms. The number of nitrogens with zero attached hydrogens (tertiary/aromatic N) is 3. The van der Waals surface area contributed by atoms with Gasteiger partial charge < -0.3 is 9.84 Å². The Hall–Kier alpha value is -2.40. The van der Waals surface area contributed by atoms with Crippen LogP contribution in [0.4, 0.5) is 0 Å². The highest BCUT2D eigenvalue weighted by molar-refractivity contribution is 5.88. The van der Waals surface area contributed by atoms with E-state index in [1.54, 1.807) is 10.9 Å². The van der Waals surface area contributed by atoms with Gasteiger partial charge in [-0.25, -0.2) is 4.68 Å². The second-order valence-electron chi connectivity index (χ2n) is 4.46. The van der Waals surface area contributed by atoms with E-state index >= 15 is 0 Å². The molecule has 5 heteroatoms. The van der Waals surface area contributed by atoms with Crippen LogP contribution in [0.2, 0.25) is 0 Å². The molecule has 0 aliphatic carbocycles. The summed E-state index contributed by atoms with van der Waals surface area (Å²) in [5.74, 6) is 0.866. The summed E-state index contributed by atoms with van der Waals surface area (Å²) >= 11 is 0. The minimum atomic E-state index is -0.0931. The molecule has 3 aromatic rings. The third-order valence-electron chi connectivity index (χ3n) is 3.08. The highest BCUT2D eigenvalue weighted by Gasteiger charge is 2.02. The maximum Gasteiger partial charge on any atom is 0.127 e. The van der Waals surface area contributed by atoms with Crippen molar-refractivity contribution in [1.29, 1.82) is 0 Å². The average molecular weight is 269 g/mol. The standard InChI is InChI=1S/C15H15N3O2/c19-11-13-10-18(17-16-13)8-9-20-15-7-3-5-12-4-1-2-6-14(12)15/h1-7,10,19H,8-9,11H2. The number of benzene rings is 2. The molecule has 0 spiro atoms. The molecule has 0 amide bonds. The fourth-order valence-corrected chi connectivity index (χ4v) is 2.09. The highest BCUT2D eigenvalue weighted by atomic mass is 16.5. The Morgan fingerprint density at radius 3 is 2.80 bits per heavy atom. The van der Waals surface area contributed by atoms with E-state index < -0.39 is 0 Å². The predicted molar refractivity (Wildman–Crippen MR) is 75.4 cm³/mol. The van der Waals surface area contributed by atoms with Crippen molar-refractivity contribution in [3.63, 3.8) is 0 Å². The number of aliphatic hydroxyl groups is 1. The van der Waals surface area contributed by atoms with E-state index in [0.717, 1.165) is 16.5 Å². The minimum absolute atomic E-state index is 0.0931. The van der Waals surface area contributed by atoms with E-state index in [2.05, 4.69) is 22.4 Å². The van der Waals surface area contributed by atoms with Gasteiger partial charge in [0.1, 0.15) is 18.1 Å². The molecule has 0 aliphatic rings. The summed E-state index contributed by atoms with van der Waals surface area (Å²) in [6, 6.07) is 14.1. The molecule has 5 nitrogen and oxygen atoms in total. The molecule has 1 N–H and O–H groups in total. The van der Waals surface area contributed by atoms with Crippen LogP contribution in [0.25, 0.3) is 10.8 Å². The molecule has 1 heterocycles. The van der Waals surface area contributed by atoms with E-state index in [-0.39, 0.29) is 6.61 Å². The zero-order chi connectivity index (χ0) is 13.8. The Morgan fingerprint density at radius 2 is 1.95 bits per heavy atom. The van der Waals surface area contributed by atoms with Crippen molar-refractivity contribution in [1.82, 2.24) is 15.0 Å². The lowest BCUT2D eigenvalue weighted by atomic mass is 10.1. The fourth-order valence-electron chi connectivity index (χ4n) is 2.09. The van der Waals surface area contributed by atoms with Gasteiger partial charge in [0.05, 0.1) is 19.3 Å². The molecular formula is C15H15N3O2. The molecular weight excluding hydrogens is 254 g/mol. The van der Waals surface area contributed by atoms with Crippen LogP contribution >= 0.6 is 0 Å². The number of aliphatic hydroxyl groups excluding tert-OH is 1. The molecule has 2 aromatic carbocycles. The molecule has 0 fully saturated rings. The van der Waals surface area contributed by atoms with Crippen molar-refractivity contribution in [2.45, 2.75) is 13.2 Å². The normalized spacial score (nSPS) is 10.8. The molecule has 1 aromatic heterocycles. The van der Waals surface area contributed by atoms with Gasteiger partial charge in [0.25, 0.3) is 0 Å². The van der Waals surface area contributed by atoms with Crippen LogP contribution in [0.5, 0.6) is 5.75 Å². The van der Waals surface area contributed by atoms with E-state index in [0.29, 0.717) is 18.8 Å². The van der Waals surface area contributed by atoms with Crippen LogP contribution in [0.3, 0.4) is 0 Å². The maximum absolute atomic E-state index is 8.93. The Balaban J connectivity index is 1.68. The van der Waals surface area contributed by atoms with Gasteiger partial charge in [-0.3, -0.25) is 0 Å². The summed E-state index contributed by atoms with van der Waals surface area (Å²) in [5, 5.41) is 18.9. The van der Waals surface area contributed by atoms with Crippen LogP contribution < -0.4 is 4.74 Å². The Morgan fingerprint density at radius 1 is 1.10 bits per heavy atom. The van der Waals surface area contributed by atoms with Crippen molar-refractivity contribution in [2.24, 2.45) is 0 Å². The zero-order valence-electron chi connectivity index (χ0n) is 10.9. The van der Waals surface area contributed by atoms with Crippen molar-refractivity contribution < 1.29 is 9.84 Å². The van der Waals surface area contributed by atoms with Crippen LogP contribution in [0.1, 0.15) is 5.69 Å². The number of hydrogen-bond acceptors (Lipinski definition) is 4. The number of ether oxygens (including phenoxy) is 1. The molecule has 0 saturated carbocycles. The molecule has 0 atom stereocenters. The zero-order valence-corrected chi connectivity index (χ0v) is 10.9. The first-order valence-corrected chi connectivity index (χ1v) is 6.47. The lowest BCUT2D eigenvalue weighted by Gasteiger charge is -2.09. The molecule has 0 aliphatic heterocycles. The van der Waals surface area contributed by atoms with Gasteiger partial charge in [-0.15, -0.1) is 5.10 Å². The minimum Gasteiger partial charge on any atom is -0.491 e. The van der Waals surface area contributed by atoms with E-state index in [1.807, 2.05) is 30.3 Å². The van der Waals surface area contributed by atoms with Gasteiger partial charge in [0, 0.05) is 5.39 Å². The molecule has 0 bridgehead atoms. The predicted octanol–water partition coefficient (Wildman–Crippen LogP) is 2.00. The van der Waals surface area contributed by atoms with E-state index in [9.17, 15) is 0 Å². The van der Waals surface area contributed by atoms with E-state index in [1.165, 1.54) is 0 Å². The smallest absolute Gasteiger partial charge is 0.127 e. The summed E-state index contributed by atoms with van der Waals surface area (Å²) in [4.78, 5) is 0. The third kappa shape index (κ3) is 2.62. The first kappa shape index (κ1) is 12.6. The fraction of sp³-hybridized carbons (Fsp3) is 0.200. The first-order chi connectivity index (χ1) is 9.86. The SMILES string of the molecule is OCc1cn(CCOc2cccc3ccccc23)nn1. The van der Waals surface area contributed by atoms with Crippen LogP contribution in [0, 0.1) is 0 Å². The van der Waals surface area contributed by atoms with Gasteiger partial charge in [0.2, 0.25) is 0 Å². The van der Waals surface area contributed by atoms with Crippen LogP contribution in [0.15, 0.2) is 48.7 Å². The number of hydrogen-bond donors (Lipinski definition) is 1. The quantitative estimate of drug-likeness (QED) is 0.769. The van der Waals surface area contributed by atoms with Gasteiger partial charge in [0.15, 0.2) is 0 Å². The van der Waals surface area contributed by atoms with Crippen LogP contribution in [-0.4, -0.2) is 26.7 Å². The number of fused-ring (bicyclic) bond motifs is 1. The first-order valence-electron chi connectivity index (χ1n) is 6.47. The monoisotopic (exact) mass is 269 g/mol. The summed E-state index contributed by atoms with van der Waals surface area (Å²) in [6.07, 6.45) is 1.71. The number of rotatable bonds is 5. The van der Waals surface area contributed by atoms with E-state index in [4.69, 9.17) is 9.84 Å². The van der Waals surface area contributed by atoms with Crippen molar-refractivity contribution in [2.75, 3.05) is 6.61 Å². The van der Waals surface area contributed by atoms with Crippen LogP contribution in [-0.2, 0) is 13.2 Å². The van der Waals surface area contributed by atoms with Crippen molar-refractivity contribution >= 4 is 10.8 Å². The number of aromatic nitrogens is 3. The maximum atomic E-state index is 8.93. The topological polar surface area (TPSA) is 60.2 Å². The Bertz CT molecular complexity index is 704. The second kappa shape index (κ2) is 5.71. The molecule has 0 radical (unpaired) electrons. The average Bonchev–Trinajstić information content (AvgIpc) is 2.95. The summed E-state index contributed by atoms with van der Waals surface area (Å²) in [5.41, 5.74) is 0.565. The lowest BCUT2D eigenvalue weighted by molar-refractivity contribution is 0.276. The molecule has 102 valence electrons. The Kier molecular flexibility index (Phi) is 3.60. The van der Waals surface area contributed by atoms with Gasteiger partial charge >= 0.3 is 0 Å². The van der Waals surface area contributed by atoms with Gasteiger partial charge in [-0.05, 0) is 11.5 Å². The van der Waals surface area contributed by atoms with Gasteiger partial charge in [-0.1, -0.05) is 41.6 Å². The van der Waals surface area contributed by atoms with Crippen molar-refractivity contribution in [3.05, 3.63) is 54.4 Å². The largest absolute Gasteiger partial charge is 0.491 e. The highest BCUT2D eigenvalue weighted by Crippen LogP contribution is 2.24. The molecule has 3 rings (SSSR count). The lowest BCUT2D eigenvalue weighted by Crippen LogP contribution is -2.08.